The van der Waals surface area contributed by atoms with Crippen LogP contribution in [0.2, 0.25) is 0 Å². The zero-order valence-corrected chi connectivity index (χ0v) is 13.4. The highest BCUT2D eigenvalue weighted by Gasteiger charge is 2.25. The van der Waals surface area contributed by atoms with E-state index in [-0.39, 0.29) is 17.5 Å². The van der Waals surface area contributed by atoms with Gasteiger partial charge in [0, 0.05) is 19.0 Å². The van der Waals surface area contributed by atoms with Gasteiger partial charge in [0.2, 0.25) is 5.91 Å². The Hall–Kier alpha value is -1.84. The molecule has 0 saturated heterocycles. The molecule has 120 valence electrons. The van der Waals surface area contributed by atoms with Crippen molar-refractivity contribution in [3.05, 3.63) is 35.4 Å². The van der Waals surface area contributed by atoms with Crippen LogP contribution in [0.3, 0.4) is 0 Å². The van der Waals surface area contributed by atoms with Crippen LogP contribution in [-0.4, -0.2) is 34.5 Å². The summed E-state index contributed by atoms with van der Waals surface area (Å²) in [6.45, 7) is 5.02. The van der Waals surface area contributed by atoms with Crippen LogP contribution < -0.4 is 0 Å². The van der Waals surface area contributed by atoms with Gasteiger partial charge in [0.1, 0.15) is 0 Å². The lowest BCUT2D eigenvalue weighted by Crippen LogP contribution is -2.41. The monoisotopic (exact) mass is 303 g/mol. The lowest BCUT2D eigenvalue weighted by Gasteiger charge is -2.35. The molecule has 1 fully saturated rings. The normalized spacial score (nSPS) is 14.7. The number of hydrogen-bond acceptors (Lipinski definition) is 2. The Morgan fingerprint density at radius 3 is 2.32 bits per heavy atom. The maximum absolute atomic E-state index is 12.4. The Balaban J connectivity index is 1.87. The van der Waals surface area contributed by atoms with Crippen molar-refractivity contribution < 1.29 is 14.7 Å². The molecule has 0 heterocycles. The largest absolute Gasteiger partial charge is 0.478 e. The third kappa shape index (κ3) is 4.33. The summed E-state index contributed by atoms with van der Waals surface area (Å²) >= 11 is 0. The van der Waals surface area contributed by atoms with E-state index in [4.69, 9.17) is 5.11 Å². The molecule has 0 aliphatic heterocycles. The molecule has 4 nitrogen and oxygen atoms in total. The van der Waals surface area contributed by atoms with Crippen molar-refractivity contribution in [3.8, 4) is 0 Å². The lowest BCUT2D eigenvalue weighted by atomic mass is 9.85. The Kier molecular flexibility index (Phi) is 5.58. The molecule has 0 atom stereocenters. The van der Waals surface area contributed by atoms with E-state index in [1.165, 1.54) is 19.3 Å². The average molecular weight is 303 g/mol. The van der Waals surface area contributed by atoms with E-state index in [0.29, 0.717) is 18.8 Å². The molecule has 0 spiro atoms. The van der Waals surface area contributed by atoms with Gasteiger partial charge in [-0.25, -0.2) is 4.79 Å². The molecule has 1 N–H and O–H groups in total. The number of amides is 1. The lowest BCUT2D eigenvalue weighted by molar-refractivity contribution is -0.134. The number of carbonyl (C=O) groups is 2. The second-order valence-electron chi connectivity index (χ2n) is 6.44. The SMILES string of the molecule is CC(C)N(CC1CCC1)C(=O)CCc1ccc(C(=O)O)cc1. The van der Waals surface area contributed by atoms with Gasteiger partial charge in [0.25, 0.3) is 0 Å². The fraction of sp³-hybridized carbons (Fsp3) is 0.556. The first kappa shape index (κ1) is 16.5. The number of benzene rings is 1. The molecular weight excluding hydrogens is 278 g/mol. The molecule has 1 amide bonds. The minimum atomic E-state index is -0.922. The number of aromatic carboxylic acids is 1. The molecule has 0 bridgehead atoms. The molecule has 1 aliphatic rings. The fourth-order valence-electron chi connectivity index (χ4n) is 2.76. The number of aryl methyl sites for hydroxylation is 1. The Morgan fingerprint density at radius 1 is 1.23 bits per heavy atom. The Bertz CT molecular complexity index is 518. The van der Waals surface area contributed by atoms with E-state index in [1.54, 1.807) is 24.3 Å². The molecule has 1 aromatic rings. The molecule has 1 aromatic carbocycles. The van der Waals surface area contributed by atoms with Crippen molar-refractivity contribution in [2.24, 2.45) is 5.92 Å². The van der Waals surface area contributed by atoms with E-state index >= 15 is 0 Å². The van der Waals surface area contributed by atoms with Gasteiger partial charge in [-0.15, -0.1) is 0 Å². The highest BCUT2D eigenvalue weighted by molar-refractivity contribution is 5.87. The van der Waals surface area contributed by atoms with Gasteiger partial charge < -0.3 is 10.0 Å². The van der Waals surface area contributed by atoms with Crippen LogP contribution in [-0.2, 0) is 11.2 Å². The first-order chi connectivity index (χ1) is 10.5. The van der Waals surface area contributed by atoms with Crippen molar-refractivity contribution >= 4 is 11.9 Å². The van der Waals surface area contributed by atoms with E-state index in [2.05, 4.69) is 13.8 Å². The van der Waals surface area contributed by atoms with E-state index < -0.39 is 5.97 Å². The summed E-state index contributed by atoms with van der Waals surface area (Å²) in [5.74, 6) is -0.0421. The van der Waals surface area contributed by atoms with Crippen LogP contribution in [0.25, 0.3) is 0 Å². The summed E-state index contributed by atoms with van der Waals surface area (Å²) in [6.07, 6.45) is 4.92. The van der Waals surface area contributed by atoms with Gasteiger partial charge in [0.15, 0.2) is 0 Å². The van der Waals surface area contributed by atoms with E-state index in [9.17, 15) is 9.59 Å². The Labute approximate surface area is 132 Å². The molecular formula is C18H25NO3. The second-order valence-corrected chi connectivity index (χ2v) is 6.44. The molecule has 1 saturated carbocycles. The molecule has 0 aromatic heterocycles. The summed E-state index contributed by atoms with van der Waals surface area (Å²) < 4.78 is 0. The van der Waals surface area contributed by atoms with Crippen molar-refractivity contribution in [3.63, 3.8) is 0 Å². The van der Waals surface area contributed by atoms with Gasteiger partial charge >= 0.3 is 5.97 Å². The standard InChI is InChI=1S/C18H25NO3/c1-13(2)19(12-15-4-3-5-15)17(20)11-8-14-6-9-16(10-7-14)18(21)22/h6-7,9-10,13,15H,3-5,8,11-12H2,1-2H3,(H,21,22). The summed E-state index contributed by atoms with van der Waals surface area (Å²) in [5, 5.41) is 8.88. The summed E-state index contributed by atoms with van der Waals surface area (Å²) in [6, 6.07) is 7.01. The third-order valence-corrected chi connectivity index (χ3v) is 4.45. The van der Waals surface area contributed by atoms with Gasteiger partial charge in [-0.2, -0.15) is 0 Å². The Morgan fingerprint density at radius 2 is 1.86 bits per heavy atom. The van der Waals surface area contributed by atoms with Crippen LogP contribution in [0.15, 0.2) is 24.3 Å². The highest BCUT2D eigenvalue weighted by atomic mass is 16.4. The van der Waals surface area contributed by atoms with Gasteiger partial charge in [-0.05, 0) is 56.7 Å². The number of hydrogen-bond donors (Lipinski definition) is 1. The van der Waals surface area contributed by atoms with E-state index in [0.717, 1.165) is 12.1 Å². The molecule has 2 rings (SSSR count). The predicted octanol–water partition coefficient (Wildman–Crippen LogP) is 3.35. The van der Waals surface area contributed by atoms with Crippen LogP contribution in [0, 0.1) is 5.92 Å². The molecule has 0 radical (unpaired) electrons. The van der Waals surface area contributed by atoms with Crippen molar-refractivity contribution in [2.45, 2.75) is 52.0 Å². The van der Waals surface area contributed by atoms with Gasteiger partial charge in [0.05, 0.1) is 5.56 Å². The molecule has 4 heteroatoms. The van der Waals surface area contributed by atoms with Crippen LogP contribution in [0.4, 0.5) is 0 Å². The fourth-order valence-corrected chi connectivity index (χ4v) is 2.76. The quantitative estimate of drug-likeness (QED) is 0.840. The maximum atomic E-state index is 12.4. The summed E-state index contributed by atoms with van der Waals surface area (Å²) in [4.78, 5) is 25.3. The van der Waals surface area contributed by atoms with Crippen LogP contribution in [0.1, 0.15) is 55.5 Å². The maximum Gasteiger partial charge on any atom is 0.335 e. The topological polar surface area (TPSA) is 57.6 Å². The predicted molar refractivity (Wildman–Crippen MR) is 85.9 cm³/mol. The number of carboxylic acid groups (broad SMARTS) is 1. The number of carboxylic acids is 1. The number of rotatable bonds is 7. The van der Waals surface area contributed by atoms with Crippen LogP contribution >= 0.6 is 0 Å². The minimum absolute atomic E-state index is 0.198. The minimum Gasteiger partial charge on any atom is -0.478 e. The van der Waals surface area contributed by atoms with E-state index in [1.807, 2.05) is 4.90 Å². The van der Waals surface area contributed by atoms with Gasteiger partial charge in [-0.3, -0.25) is 4.79 Å². The van der Waals surface area contributed by atoms with Gasteiger partial charge in [-0.1, -0.05) is 18.6 Å². The highest BCUT2D eigenvalue weighted by Crippen LogP contribution is 2.28. The average Bonchev–Trinajstić information content (AvgIpc) is 2.43. The zero-order valence-electron chi connectivity index (χ0n) is 13.4. The van der Waals surface area contributed by atoms with Crippen LogP contribution in [0.5, 0.6) is 0 Å². The summed E-state index contributed by atoms with van der Waals surface area (Å²) in [7, 11) is 0. The molecule has 0 unspecified atom stereocenters. The smallest absolute Gasteiger partial charge is 0.335 e. The summed E-state index contributed by atoms with van der Waals surface area (Å²) in [5.41, 5.74) is 1.29. The van der Waals surface area contributed by atoms with Crippen molar-refractivity contribution in [1.29, 1.82) is 0 Å². The second kappa shape index (κ2) is 7.43. The number of nitrogens with zero attached hydrogens (tertiary/aromatic N) is 1. The first-order valence-electron chi connectivity index (χ1n) is 8.09. The number of carbonyl (C=O) groups excluding carboxylic acids is 1. The molecule has 22 heavy (non-hydrogen) atoms. The zero-order chi connectivity index (χ0) is 16.1. The van der Waals surface area contributed by atoms with Crippen molar-refractivity contribution in [1.82, 2.24) is 4.90 Å². The first-order valence-corrected chi connectivity index (χ1v) is 8.09. The van der Waals surface area contributed by atoms with Crippen molar-refractivity contribution in [2.75, 3.05) is 6.54 Å². The third-order valence-electron chi connectivity index (χ3n) is 4.45. The molecule has 1 aliphatic carbocycles.